The predicted molar refractivity (Wildman–Crippen MR) is 57.4 cm³/mol. The van der Waals surface area contributed by atoms with E-state index in [1.807, 2.05) is 23.7 Å². The molecule has 2 nitrogen and oxygen atoms in total. The molecule has 0 atom stereocenters. The van der Waals surface area contributed by atoms with Gasteiger partial charge in [0.2, 0.25) is 0 Å². The summed E-state index contributed by atoms with van der Waals surface area (Å²) in [6.45, 7) is 0. The summed E-state index contributed by atoms with van der Waals surface area (Å²) < 4.78 is 1.14. The zero-order valence-corrected chi connectivity index (χ0v) is 8.17. The van der Waals surface area contributed by atoms with Crippen LogP contribution in [-0.2, 0) is 4.79 Å². The molecular formula is C11H7NOS. The highest BCUT2D eigenvalue weighted by Gasteiger charge is 2.03. The van der Waals surface area contributed by atoms with Crippen molar-refractivity contribution in [2.45, 2.75) is 6.42 Å². The zero-order valence-electron chi connectivity index (χ0n) is 7.36. The minimum atomic E-state index is 0.182. The van der Waals surface area contributed by atoms with E-state index in [9.17, 15) is 4.79 Å². The average molecular weight is 201 g/mol. The van der Waals surface area contributed by atoms with Gasteiger partial charge in [-0.1, -0.05) is 6.08 Å². The number of Topliss-reactive ketones (excluding diaryl/α,β-unsaturated/α-hetero) is 1. The topological polar surface area (TPSA) is 30.0 Å². The van der Waals surface area contributed by atoms with Crippen LogP contribution in [0.4, 0.5) is 0 Å². The molecule has 68 valence electrons. The largest absolute Gasteiger partial charge is 0.294 e. The molecule has 1 aromatic carbocycles. The van der Waals surface area contributed by atoms with E-state index in [4.69, 9.17) is 0 Å². The highest BCUT2D eigenvalue weighted by atomic mass is 32.1. The Morgan fingerprint density at radius 1 is 1.29 bits per heavy atom. The van der Waals surface area contributed by atoms with E-state index in [0.717, 1.165) is 20.7 Å². The molecule has 0 aliphatic heterocycles. The molecule has 0 fully saturated rings. The standard InChI is InChI=1S/C11H7NOS/c13-9-2-1-7-4-10-11(14-6-12-10)5-8(7)3-9/h1,3-6H,2H2. The molecule has 3 rings (SSSR count). The summed E-state index contributed by atoms with van der Waals surface area (Å²) in [4.78, 5) is 15.4. The van der Waals surface area contributed by atoms with Crippen LogP contribution in [0.2, 0.25) is 0 Å². The Hall–Kier alpha value is -1.48. The van der Waals surface area contributed by atoms with Crippen LogP contribution in [-0.4, -0.2) is 10.8 Å². The summed E-state index contributed by atoms with van der Waals surface area (Å²) in [7, 11) is 0. The Balaban J connectivity index is 2.52. The molecule has 0 radical (unpaired) electrons. The van der Waals surface area contributed by atoms with Crippen LogP contribution in [0.3, 0.4) is 0 Å². The van der Waals surface area contributed by atoms with Crippen LogP contribution in [0.15, 0.2) is 17.6 Å². The maximum atomic E-state index is 11.2. The fourth-order valence-corrected chi connectivity index (χ4v) is 2.39. The van der Waals surface area contributed by atoms with Crippen molar-refractivity contribution in [3.8, 4) is 0 Å². The van der Waals surface area contributed by atoms with Gasteiger partial charge in [-0.25, -0.2) is 4.98 Å². The van der Waals surface area contributed by atoms with Gasteiger partial charge in [-0.2, -0.15) is 0 Å². The lowest BCUT2D eigenvalue weighted by molar-refractivity contribution is -0.112. The molecule has 0 amide bonds. The van der Waals surface area contributed by atoms with Crippen molar-refractivity contribution >= 4 is 39.5 Å². The molecule has 2 aromatic rings. The molecule has 0 saturated heterocycles. The normalized spacial score (nSPS) is 14.7. The molecule has 14 heavy (non-hydrogen) atoms. The van der Waals surface area contributed by atoms with Crippen molar-refractivity contribution in [2.75, 3.05) is 0 Å². The number of rotatable bonds is 0. The van der Waals surface area contributed by atoms with Crippen LogP contribution in [0, 0.1) is 0 Å². The van der Waals surface area contributed by atoms with E-state index in [1.165, 1.54) is 0 Å². The Morgan fingerprint density at radius 3 is 3.14 bits per heavy atom. The fraction of sp³-hybridized carbons (Fsp3) is 0.0909. The van der Waals surface area contributed by atoms with Crippen LogP contribution in [0.5, 0.6) is 0 Å². The maximum Gasteiger partial charge on any atom is 0.160 e. The molecule has 3 heteroatoms. The third-order valence-electron chi connectivity index (χ3n) is 2.38. The molecular weight excluding hydrogens is 194 g/mol. The third-order valence-corrected chi connectivity index (χ3v) is 3.17. The SMILES string of the molecule is O=C1C=c2cc3scnc3cc2=CC1. The van der Waals surface area contributed by atoms with Crippen molar-refractivity contribution < 1.29 is 4.79 Å². The Labute approximate surface area is 84.2 Å². The number of fused-ring (bicyclic) bond motifs is 2. The van der Waals surface area contributed by atoms with E-state index in [1.54, 1.807) is 17.4 Å². The first kappa shape index (κ1) is 7.88. The van der Waals surface area contributed by atoms with E-state index in [0.29, 0.717) is 6.42 Å². The van der Waals surface area contributed by atoms with Crippen LogP contribution >= 0.6 is 11.3 Å². The van der Waals surface area contributed by atoms with Crippen molar-refractivity contribution in [2.24, 2.45) is 0 Å². The maximum absolute atomic E-state index is 11.2. The first-order valence-electron chi connectivity index (χ1n) is 4.41. The number of carbonyl (C=O) groups excluding carboxylic acids is 1. The fourth-order valence-electron chi connectivity index (χ4n) is 1.68. The molecule has 0 unspecified atom stereocenters. The third kappa shape index (κ3) is 1.09. The van der Waals surface area contributed by atoms with Crippen molar-refractivity contribution in [1.82, 2.24) is 4.98 Å². The summed E-state index contributed by atoms with van der Waals surface area (Å²) in [5, 5.41) is 2.15. The molecule has 0 bridgehead atoms. The molecule has 0 N–H and O–H groups in total. The van der Waals surface area contributed by atoms with Gasteiger partial charge < -0.3 is 0 Å². The molecule has 1 aliphatic carbocycles. The number of aromatic nitrogens is 1. The first-order chi connectivity index (χ1) is 6.83. The van der Waals surface area contributed by atoms with Crippen LogP contribution < -0.4 is 10.4 Å². The molecule has 0 spiro atoms. The lowest BCUT2D eigenvalue weighted by Crippen LogP contribution is -2.28. The van der Waals surface area contributed by atoms with E-state index >= 15 is 0 Å². The molecule has 1 heterocycles. The molecule has 1 aliphatic rings. The van der Waals surface area contributed by atoms with Crippen molar-refractivity contribution in [1.29, 1.82) is 0 Å². The number of thiazole rings is 1. The zero-order chi connectivity index (χ0) is 9.54. The second-order valence-corrected chi connectivity index (χ2v) is 4.21. The first-order valence-corrected chi connectivity index (χ1v) is 5.29. The van der Waals surface area contributed by atoms with Gasteiger partial charge in [0.25, 0.3) is 0 Å². The monoisotopic (exact) mass is 201 g/mol. The van der Waals surface area contributed by atoms with Gasteiger partial charge in [-0.3, -0.25) is 4.79 Å². The second kappa shape index (κ2) is 2.75. The molecule has 0 saturated carbocycles. The van der Waals surface area contributed by atoms with E-state index in [2.05, 4.69) is 4.98 Å². The van der Waals surface area contributed by atoms with Gasteiger partial charge >= 0.3 is 0 Å². The van der Waals surface area contributed by atoms with E-state index < -0.39 is 0 Å². The van der Waals surface area contributed by atoms with Crippen molar-refractivity contribution in [3.63, 3.8) is 0 Å². The highest BCUT2D eigenvalue weighted by molar-refractivity contribution is 7.16. The summed E-state index contributed by atoms with van der Waals surface area (Å²) >= 11 is 1.61. The predicted octanol–water partition coefficient (Wildman–Crippen LogP) is 0.830. The number of carbonyl (C=O) groups is 1. The van der Waals surface area contributed by atoms with Crippen LogP contribution in [0.25, 0.3) is 22.4 Å². The van der Waals surface area contributed by atoms with Gasteiger partial charge in [0, 0.05) is 6.42 Å². The summed E-state index contributed by atoms with van der Waals surface area (Å²) in [6.07, 6.45) is 4.20. The molecule has 1 aromatic heterocycles. The van der Waals surface area contributed by atoms with Gasteiger partial charge in [0.15, 0.2) is 5.78 Å². The number of ketones is 1. The number of hydrogen-bond donors (Lipinski definition) is 0. The lowest BCUT2D eigenvalue weighted by Gasteiger charge is -1.98. The summed E-state index contributed by atoms with van der Waals surface area (Å²) in [5.74, 6) is 0.182. The highest BCUT2D eigenvalue weighted by Crippen LogP contribution is 2.13. The van der Waals surface area contributed by atoms with Gasteiger partial charge in [0.05, 0.1) is 15.7 Å². The number of hydrogen-bond acceptors (Lipinski definition) is 3. The quantitative estimate of drug-likeness (QED) is 0.632. The smallest absolute Gasteiger partial charge is 0.160 e. The van der Waals surface area contributed by atoms with E-state index in [-0.39, 0.29) is 5.78 Å². The number of benzene rings is 1. The van der Waals surface area contributed by atoms with Crippen LogP contribution in [0.1, 0.15) is 6.42 Å². The van der Waals surface area contributed by atoms with Crippen molar-refractivity contribution in [3.05, 3.63) is 28.1 Å². The number of nitrogens with zero attached hydrogens (tertiary/aromatic N) is 1. The van der Waals surface area contributed by atoms with Gasteiger partial charge in [0.1, 0.15) is 0 Å². The Morgan fingerprint density at radius 2 is 2.21 bits per heavy atom. The summed E-state index contributed by atoms with van der Waals surface area (Å²) in [5.41, 5.74) is 2.85. The second-order valence-electron chi connectivity index (χ2n) is 3.32. The van der Waals surface area contributed by atoms with Gasteiger partial charge in [-0.15, -0.1) is 11.3 Å². The summed E-state index contributed by atoms with van der Waals surface area (Å²) in [6, 6.07) is 4.08. The minimum absolute atomic E-state index is 0.182. The Kier molecular flexibility index (Phi) is 1.55. The Bertz CT molecular complexity index is 639. The average Bonchev–Trinajstić information content (AvgIpc) is 2.61. The lowest BCUT2D eigenvalue weighted by atomic mass is 10.1. The van der Waals surface area contributed by atoms with Gasteiger partial charge in [-0.05, 0) is 28.6 Å². The minimum Gasteiger partial charge on any atom is -0.294 e.